The Morgan fingerprint density at radius 3 is 2.27 bits per heavy atom. The first-order valence-electron chi connectivity index (χ1n) is 13.5. The maximum absolute atomic E-state index is 14.0. The quantitative estimate of drug-likeness (QED) is 0.494. The molecular weight excluding hydrogens is 509 g/mol. The lowest BCUT2D eigenvalue weighted by Crippen LogP contribution is -2.76. The van der Waals surface area contributed by atoms with Crippen LogP contribution in [-0.2, 0) is 22.6 Å². The number of piperazine rings is 1. The fourth-order valence-corrected chi connectivity index (χ4v) is 5.59. The van der Waals surface area contributed by atoms with Crippen molar-refractivity contribution < 1.29 is 18.8 Å². The summed E-state index contributed by atoms with van der Waals surface area (Å²) in [6, 6.07) is 24.4. The van der Waals surface area contributed by atoms with Crippen LogP contribution in [0.25, 0.3) is 0 Å². The zero-order valence-corrected chi connectivity index (χ0v) is 22.7. The first kappa shape index (κ1) is 27.3. The third-order valence-corrected chi connectivity index (χ3v) is 7.64. The van der Waals surface area contributed by atoms with Gasteiger partial charge in [0.15, 0.2) is 0 Å². The number of benzene rings is 3. The van der Waals surface area contributed by atoms with Crippen molar-refractivity contribution in [3.05, 3.63) is 107 Å². The first-order chi connectivity index (χ1) is 19.3. The number of rotatable bonds is 7. The third-order valence-electron chi connectivity index (χ3n) is 7.64. The Balaban J connectivity index is 1.43. The molecule has 208 valence electrons. The number of carbonyl (C=O) groups is 3. The van der Waals surface area contributed by atoms with Crippen molar-refractivity contribution in [2.24, 2.45) is 0 Å². The zero-order valence-electron chi connectivity index (χ0n) is 22.7. The summed E-state index contributed by atoms with van der Waals surface area (Å²) in [5, 5.41) is 6.05. The van der Waals surface area contributed by atoms with Gasteiger partial charge in [-0.25, -0.2) is 19.2 Å². The van der Waals surface area contributed by atoms with E-state index in [0.29, 0.717) is 13.0 Å². The van der Waals surface area contributed by atoms with E-state index in [9.17, 15) is 18.8 Å². The number of fused-ring (bicyclic) bond motifs is 1. The SMILES string of the molecule is CC(CN1C[C@H]2N(C(=O)CN(C)N2C(=O)NCc2ccc(F)cc2)[C@@H](Cc2ccccc2)C1=O)c1ccccc1. The van der Waals surface area contributed by atoms with Crippen molar-refractivity contribution >= 4 is 17.8 Å². The van der Waals surface area contributed by atoms with Crippen LogP contribution in [0.2, 0.25) is 0 Å². The number of hydrogen-bond donors (Lipinski definition) is 1. The van der Waals surface area contributed by atoms with E-state index in [-0.39, 0.29) is 43.2 Å². The van der Waals surface area contributed by atoms with E-state index >= 15 is 0 Å². The highest BCUT2D eigenvalue weighted by molar-refractivity contribution is 5.91. The van der Waals surface area contributed by atoms with Gasteiger partial charge in [-0.2, -0.15) is 0 Å². The van der Waals surface area contributed by atoms with Crippen LogP contribution in [0.5, 0.6) is 0 Å². The summed E-state index contributed by atoms with van der Waals surface area (Å²) in [5.74, 6) is -0.597. The van der Waals surface area contributed by atoms with Crippen molar-refractivity contribution in [2.75, 3.05) is 26.7 Å². The Hall–Kier alpha value is -4.24. The summed E-state index contributed by atoms with van der Waals surface area (Å²) in [7, 11) is 1.70. The molecule has 2 aliphatic rings. The number of nitrogens with zero attached hydrogens (tertiary/aromatic N) is 4. The Kier molecular flexibility index (Phi) is 8.11. The minimum atomic E-state index is -0.738. The third kappa shape index (κ3) is 5.84. The summed E-state index contributed by atoms with van der Waals surface area (Å²) in [6.07, 6.45) is -0.318. The molecule has 40 heavy (non-hydrogen) atoms. The minimum Gasteiger partial charge on any atom is -0.336 e. The Bertz CT molecular complexity index is 1340. The van der Waals surface area contributed by atoms with Crippen LogP contribution in [0.15, 0.2) is 84.9 Å². The fraction of sp³-hybridized carbons (Fsp3) is 0.323. The molecule has 3 atom stereocenters. The number of carbonyl (C=O) groups excluding carboxylic acids is 3. The predicted molar refractivity (Wildman–Crippen MR) is 149 cm³/mol. The molecule has 2 aliphatic heterocycles. The topological polar surface area (TPSA) is 76.2 Å². The second kappa shape index (κ2) is 11.9. The van der Waals surface area contributed by atoms with Crippen molar-refractivity contribution in [3.63, 3.8) is 0 Å². The largest absolute Gasteiger partial charge is 0.336 e. The number of likely N-dealkylation sites (N-methyl/N-ethyl adjacent to an activating group) is 1. The molecule has 0 aliphatic carbocycles. The van der Waals surface area contributed by atoms with Crippen LogP contribution in [0.1, 0.15) is 29.5 Å². The normalized spacial score (nSPS) is 20.3. The van der Waals surface area contributed by atoms with Gasteiger partial charge in [0.1, 0.15) is 18.0 Å². The number of nitrogens with one attached hydrogen (secondary N) is 1. The van der Waals surface area contributed by atoms with Crippen molar-refractivity contribution in [1.29, 1.82) is 0 Å². The van der Waals surface area contributed by atoms with E-state index < -0.39 is 18.2 Å². The highest BCUT2D eigenvalue weighted by Gasteiger charge is 2.50. The van der Waals surface area contributed by atoms with Crippen LogP contribution >= 0.6 is 0 Å². The van der Waals surface area contributed by atoms with Gasteiger partial charge in [-0.15, -0.1) is 0 Å². The molecule has 2 fully saturated rings. The number of amides is 4. The van der Waals surface area contributed by atoms with Crippen molar-refractivity contribution in [1.82, 2.24) is 25.1 Å². The maximum atomic E-state index is 14.0. The Labute approximate surface area is 233 Å². The highest BCUT2D eigenvalue weighted by Crippen LogP contribution is 2.29. The molecule has 1 unspecified atom stereocenters. The molecule has 5 rings (SSSR count). The Morgan fingerprint density at radius 1 is 0.950 bits per heavy atom. The molecule has 8 nitrogen and oxygen atoms in total. The van der Waals surface area contributed by atoms with E-state index in [1.165, 1.54) is 17.1 Å². The van der Waals surface area contributed by atoms with Crippen LogP contribution in [0.3, 0.4) is 0 Å². The van der Waals surface area contributed by atoms with Crippen LogP contribution in [0.4, 0.5) is 9.18 Å². The van der Waals surface area contributed by atoms with E-state index in [1.807, 2.05) is 60.7 Å². The molecule has 0 spiro atoms. The van der Waals surface area contributed by atoms with Gasteiger partial charge in [-0.1, -0.05) is 79.7 Å². The summed E-state index contributed by atoms with van der Waals surface area (Å²) in [6.45, 7) is 2.90. The average Bonchev–Trinajstić information content (AvgIpc) is 2.95. The molecule has 0 saturated carbocycles. The van der Waals surface area contributed by atoms with Crippen LogP contribution in [-0.4, -0.2) is 76.6 Å². The minimum absolute atomic E-state index is 0.0283. The van der Waals surface area contributed by atoms with Crippen LogP contribution < -0.4 is 5.32 Å². The van der Waals surface area contributed by atoms with Gasteiger partial charge in [-0.05, 0) is 34.7 Å². The second-order valence-electron chi connectivity index (χ2n) is 10.5. The summed E-state index contributed by atoms with van der Waals surface area (Å²) < 4.78 is 13.3. The van der Waals surface area contributed by atoms with Gasteiger partial charge >= 0.3 is 6.03 Å². The van der Waals surface area contributed by atoms with E-state index in [0.717, 1.165) is 16.7 Å². The lowest BCUT2D eigenvalue weighted by atomic mass is 9.96. The highest BCUT2D eigenvalue weighted by atomic mass is 19.1. The van der Waals surface area contributed by atoms with Gasteiger partial charge in [0.2, 0.25) is 11.8 Å². The molecule has 9 heteroatoms. The molecule has 3 aromatic carbocycles. The fourth-order valence-electron chi connectivity index (χ4n) is 5.59. The van der Waals surface area contributed by atoms with Crippen molar-refractivity contribution in [2.45, 2.75) is 38.0 Å². The number of halogens is 1. The zero-order chi connectivity index (χ0) is 28.2. The van der Waals surface area contributed by atoms with Gasteiger partial charge in [0.05, 0.1) is 13.1 Å². The van der Waals surface area contributed by atoms with Gasteiger partial charge < -0.3 is 15.1 Å². The molecule has 0 radical (unpaired) electrons. The van der Waals surface area contributed by atoms with Gasteiger partial charge in [0, 0.05) is 26.6 Å². The second-order valence-corrected chi connectivity index (χ2v) is 10.5. The summed E-state index contributed by atoms with van der Waals surface area (Å²) in [4.78, 5) is 44.3. The monoisotopic (exact) mass is 543 g/mol. The number of hydrogen-bond acceptors (Lipinski definition) is 4. The van der Waals surface area contributed by atoms with Crippen molar-refractivity contribution in [3.8, 4) is 0 Å². The molecule has 0 bridgehead atoms. The van der Waals surface area contributed by atoms with Gasteiger partial charge in [-0.3, -0.25) is 9.59 Å². The maximum Gasteiger partial charge on any atom is 0.334 e. The standard InChI is InChI=1S/C31H34FN5O3/c1-22(25-11-7-4-8-12-25)19-35-20-28-36(27(30(35)39)17-23-9-5-3-6-10-23)29(38)21-34(2)37(28)31(40)33-18-24-13-15-26(32)16-14-24/h3-16,22,27-28H,17-21H2,1-2H3,(H,33,40)/t22?,27-,28-/m0/s1. The lowest BCUT2D eigenvalue weighted by Gasteiger charge is -2.54. The molecule has 2 saturated heterocycles. The molecule has 1 N–H and O–H groups in total. The molecule has 4 amide bonds. The molecule has 0 aromatic heterocycles. The van der Waals surface area contributed by atoms with E-state index in [2.05, 4.69) is 12.2 Å². The van der Waals surface area contributed by atoms with Crippen LogP contribution in [0, 0.1) is 5.82 Å². The van der Waals surface area contributed by atoms with Gasteiger partial charge in [0.25, 0.3) is 0 Å². The molecule has 3 aromatic rings. The first-order valence-corrected chi connectivity index (χ1v) is 13.5. The van der Waals surface area contributed by atoms with E-state index in [4.69, 9.17) is 0 Å². The number of hydrazine groups is 1. The molecule has 2 heterocycles. The Morgan fingerprint density at radius 2 is 1.60 bits per heavy atom. The molecular formula is C31H34FN5O3. The summed E-state index contributed by atoms with van der Waals surface area (Å²) >= 11 is 0. The average molecular weight is 544 g/mol. The lowest BCUT2D eigenvalue weighted by molar-refractivity contribution is -0.187. The number of urea groups is 1. The smallest absolute Gasteiger partial charge is 0.334 e. The predicted octanol–water partition coefficient (Wildman–Crippen LogP) is 3.61. The summed E-state index contributed by atoms with van der Waals surface area (Å²) in [5.41, 5.74) is 2.81. The van der Waals surface area contributed by atoms with E-state index in [1.54, 1.807) is 34.0 Å².